The Bertz CT molecular complexity index is 1410. The van der Waals surface area contributed by atoms with E-state index in [4.69, 9.17) is 9.47 Å². The second-order valence-electron chi connectivity index (χ2n) is 8.43. The summed E-state index contributed by atoms with van der Waals surface area (Å²) in [5.74, 6) is 1.81. The normalized spacial score (nSPS) is 11.3. The van der Waals surface area contributed by atoms with Gasteiger partial charge < -0.3 is 9.47 Å². The van der Waals surface area contributed by atoms with Crippen molar-refractivity contribution in [3.05, 3.63) is 83.4 Å². The molecule has 3 aromatic carbocycles. The molecule has 37 heavy (non-hydrogen) atoms. The summed E-state index contributed by atoms with van der Waals surface area (Å²) in [7, 11) is 3.16. The van der Waals surface area contributed by atoms with Gasteiger partial charge in [-0.25, -0.2) is 5.43 Å². The Balaban J connectivity index is 1.51. The lowest BCUT2D eigenvalue weighted by Gasteiger charge is -2.11. The number of aryl methyl sites for hydroxylation is 2. The van der Waals surface area contributed by atoms with Gasteiger partial charge in [0.1, 0.15) is 0 Å². The fourth-order valence-corrected chi connectivity index (χ4v) is 4.36. The van der Waals surface area contributed by atoms with Crippen molar-refractivity contribution >= 4 is 23.4 Å². The highest BCUT2D eigenvalue weighted by Crippen LogP contribution is 2.29. The zero-order chi connectivity index (χ0) is 26.4. The van der Waals surface area contributed by atoms with Crippen LogP contribution in [-0.2, 0) is 4.79 Å². The van der Waals surface area contributed by atoms with E-state index in [-0.39, 0.29) is 11.7 Å². The number of thioether (sulfide) groups is 1. The van der Waals surface area contributed by atoms with Crippen molar-refractivity contribution in [2.75, 3.05) is 20.0 Å². The monoisotopic (exact) mass is 515 g/mol. The Labute approximate surface area is 220 Å². The predicted molar refractivity (Wildman–Crippen MR) is 147 cm³/mol. The maximum atomic E-state index is 12.6. The van der Waals surface area contributed by atoms with E-state index < -0.39 is 0 Å². The number of benzene rings is 3. The number of rotatable bonds is 9. The maximum Gasteiger partial charge on any atom is 0.250 e. The van der Waals surface area contributed by atoms with E-state index >= 15 is 0 Å². The molecule has 190 valence electrons. The van der Waals surface area contributed by atoms with Crippen LogP contribution in [0, 0.1) is 13.8 Å². The molecule has 0 unspecified atom stereocenters. The first-order valence-corrected chi connectivity index (χ1v) is 12.7. The zero-order valence-electron chi connectivity index (χ0n) is 21.5. The lowest BCUT2D eigenvalue weighted by molar-refractivity contribution is -0.118. The Kier molecular flexibility index (Phi) is 8.25. The summed E-state index contributed by atoms with van der Waals surface area (Å²) in [5, 5.41) is 13.7. The number of hydrogen-bond donors (Lipinski definition) is 1. The first-order valence-electron chi connectivity index (χ1n) is 11.7. The Morgan fingerprint density at radius 1 is 0.919 bits per heavy atom. The van der Waals surface area contributed by atoms with Gasteiger partial charge in [0.25, 0.3) is 5.91 Å². The predicted octanol–water partition coefficient (Wildman–Crippen LogP) is 5.20. The molecule has 0 aliphatic heterocycles. The summed E-state index contributed by atoms with van der Waals surface area (Å²) < 4.78 is 12.6. The van der Waals surface area contributed by atoms with Crippen LogP contribution in [0.1, 0.15) is 23.6 Å². The summed E-state index contributed by atoms with van der Waals surface area (Å²) in [4.78, 5) is 12.6. The molecule has 0 bridgehead atoms. The molecule has 1 heterocycles. The maximum absolute atomic E-state index is 12.6. The molecule has 0 spiro atoms. The van der Waals surface area contributed by atoms with Crippen LogP contribution in [0.5, 0.6) is 11.5 Å². The molecule has 8 nitrogen and oxygen atoms in total. The number of nitrogens with zero attached hydrogens (tertiary/aromatic N) is 4. The molecule has 1 N–H and O–H groups in total. The molecule has 9 heteroatoms. The first-order chi connectivity index (χ1) is 17.9. The van der Waals surface area contributed by atoms with E-state index in [1.165, 1.54) is 17.3 Å². The number of aromatic nitrogens is 3. The van der Waals surface area contributed by atoms with Gasteiger partial charge in [0.2, 0.25) is 0 Å². The van der Waals surface area contributed by atoms with Crippen LogP contribution >= 0.6 is 11.8 Å². The molecule has 0 aliphatic carbocycles. The van der Waals surface area contributed by atoms with Gasteiger partial charge in [-0.1, -0.05) is 59.3 Å². The third-order valence-electron chi connectivity index (χ3n) is 5.72. The fourth-order valence-electron chi connectivity index (χ4n) is 3.61. The van der Waals surface area contributed by atoms with Crippen LogP contribution in [-0.4, -0.2) is 46.4 Å². The second kappa shape index (κ2) is 11.7. The van der Waals surface area contributed by atoms with Gasteiger partial charge in [0, 0.05) is 16.8 Å². The van der Waals surface area contributed by atoms with Crippen molar-refractivity contribution in [3.63, 3.8) is 0 Å². The summed E-state index contributed by atoms with van der Waals surface area (Å²) in [6.07, 6.45) is 0. The number of carbonyl (C=O) groups excluding carboxylic acids is 1. The number of hydrazone groups is 1. The Hall–Kier alpha value is -4.11. The lowest BCUT2D eigenvalue weighted by atomic mass is 10.1. The molecule has 0 radical (unpaired) electrons. The summed E-state index contributed by atoms with van der Waals surface area (Å²) in [5.41, 5.74) is 8.28. The summed E-state index contributed by atoms with van der Waals surface area (Å²) in [6.45, 7) is 5.90. The number of hydrogen-bond acceptors (Lipinski definition) is 7. The molecule has 0 saturated heterocycles. The molecule has 1 aromatic heterocycles. The highest BCUT2D eigenvalue weighted by molar-refractivity contribution is 7.99. The fraction of sp³-hybridized carbons (Fsp3) is 0.214. The number of amides is 1. The van der Waals surface area contributed by atoms with E-state index in [0.29, 0.717) is 28.2 Å². The van der Waals surface area contributed by atoms with Crippen LogP contribution in [0.4, 0.5) is 0 Å². The van der Waals surface area contributed by atoms with Crippen LogP contribution in [0.2, 0.25) is 0 Å². The lowest BCUT2D eigenvalue weighted by Crippen LogP contribution is -2.21. The third kappa shape index (κ3) is 6.18. The van der Waals surface area contributed by atoms with Crippen molar-refractivity contribution in [2.24, 2.45) is 5.10 Å². The molecule has 0 aliphatic rings. The van der Waals surface area contributed by atoms with Crippen molar-refractivity contribution in [1.29, 1.82) is 0 Å². The molecule has 0 atom stereocenters. The van der Waals surface area contributed by atoms with Gasteiger partial charge in [-0.05, 0) is 51.1 Å². The van der Waals surface area contributed by atoms with E-state index in [1.54, 1.807) is 20.3 Å². The molecular weight excluding hydrogens is 486 g/mol. The van der Waals surface area contributed by atoms with Crippen LogP contribution in [0.3, 0.4) is 0 Å². The smallest absolute Gasteiger partial charge is 0.250 e. The van der Waals surface area contributed by atoms with Crippen molar-refractivity contribution < 1.29 is 14.3 Å². The Morgan fingerprint density at radius 3 is 2.22 bits per heavy atom. The Morgan fingerprint density at radius 2 is 1.57 bits per heavy atom. The number of carbonyl (C=O) groups is 1. The van der Waals surface area contributed by atoms with Crippen LogP contribution in [0.15, 0.2) is 77.0 Å². The third-order valence-corrected chi connectivity index (χ3v) is 6.65. The average Bonchev–Trinajstić information content (AvgIpc) is 3.34. The van der Waals surface area contributed by atoms with E-state index in [1.807, 2.05) is 86.0 Å². The molecule has 4 aromatic rings. The number of methoxy groups -OCH3 is 2. The molecule has 4 rings (SSSR count). The quantitative estimate of drug-likeness (QED) is 0.187. The molecular formula is C28H29N5O3S. The minimum Gasteiger partial charge on any atom is -0.493 e. The zero-order valence-corrected chi connectivity index (χ0v) is 22.3. The second-order valence-corrected chi connectivity index (χ2v) is 9.38. The summed E-state index contributed by atoms with van der Waals surface area (Å²) >= 11 is 1.30. The molecule has 1 amide bonds. The van der Waals surface area contributed by atoms with Gasteiger partial charge in [-0.2, -0.15) is 5.10 Å². The molecule has 0 saturated carbocycles. The van der Waals surface area contributed by atoms with Crippen molar-refractivity contribution in [2.45, 2.75) is 25.9 Å². The SMILES string of the molecule is COc1ccc(/C(C)=N\NC(=O)CSc2nnc(-c3ccc(C)cc3)n2-c2ccc(C)cc2)cc1OC. The number of ether oxygens (including phenoxy) is 2. The summed E-state index contributed by atoms with van der Waals surface area (Å²) in [6, 6.07) is 21.7. The van der Waals surface area contributed by atoms with E-state index in [0.717, 1.165) is 22.4 Å². The first kappa shape index (κ1) is 26.0. The van der Waals surface area contributed by atoms with Gasteiger partial charge >= 0.3 is 0 Å². The van der Waals surface area contributed by atoms with Gasteiger partial charge in [-0.3, -0.25) is 9.36 Å². The molecule has 0 fully saturated rings. The van der Waals surface area contributed by atoms with E-state index in [9.17, 15) is 4.79 Å². The number of nitrogens with one attached hydrogen (secondary N) is 1. The minimum absolute atomic E-state index is 0.126. The van der Waals surface area contributed by atoms with Gasteiger partial charge in [-0.15, -0.1) is 10.2 Å². The average molecular weight is 516 g/mol. The van der Waals surface area contributed by atoms with Gasteiger partial charge in [0.15, 0.2) is 22.5 Å². The topological polar surface area (TPSA) is 90.6 Å². The van der Waals surface area contributed by atoms with E-state index in [2.05, 4.69) is 20.7 Å². The standard InChI is InChI=1S/C28H29N5O3S/c1-18-6-10-21(11-7-18)27-31-32-28(33(27)23-13-8-19(2)9-14-23)37-17-26(34)30-29-20(3)22-12-15-24(35-4)25(16-22)36-5/h6-16H,17H2,1-5H3,(H,30,34)/b29-20-. The van der Waals surface area contributed by atoms with Gasteiger partial charge in [0.05, 0.1) is 25.7 Å². The van der Waals surface area contributed by atoms with Crippen LogP contribution < -0.4 is 14.9 Å². The highest BCUT2D eigenvalue weighted by Gasteiger charge is 2.17. The van der Waals surface area contributed by atoms with Crippen molar-refractivity contribution in [1.82, 2.24) is 20.2 Å². The highest BCUT2D eigenvalue weighted by atomic mass is 32.2. The minimum atomic E-state index is -0.250. The van der Waals surface area contributed by atoms with Crippen molar-refractivity contribution in [3.8, 4) is 28.6 Å². The largest absolute Gasteiger partial charge is 0.493 e. The van der Waals surface area contributed by atoms with Crippen LogP contribution in [0.25, 0.3) is 17.1 Å².